The fourth-order valence-electron chi connectivity index (χ4n) is 4.26. The van der Waals surface area contributed by atoms with Gasteiger partial charge < -0.3 is 20.3 Å². The van der Waals surface area contributed by atoms with Gasteiger partial charge in [-0.1, -0.05) is 12.1 Å². The van der Waals surface area contributed by atoms with Crippen molar-refractivity contribution in [3.8, 4) is 0 Å². The number of aliphatic imine (C=N–C) groups is 1. The average Bonchev–Trinajstić information content (AvgIpc) is 2.76. The van der Waals surface area contributed by atoms with E-state index in [1.807, 2.05) is 12.1 Å². The van der Waals surface area contributed by atoms with E-state index in [2.05, 4.69) is 41.2 Å². The number of nitrogens with zero attached hydrogens (tertiary/aromatic N) is 3. The lowest BCUT2D eigenvalue weighted by Gasteiger charge is -2.36. The highest BCUT2D eigenvalue weighted by atomic mass is 127. The average molecular weight is 548 g/mol. The molecular formula is C23H39FIN5O. The zero-order valence-corrected chi connectivity index (χ0v) is 21.5. The SMILES string of the molecule is CCNC(=NCC(c1ccc(F)cc1)N1CCOCC1)NC1CCN(C(C)C)CC1.I. The normalized spacial score (nSPS) is 20.4. The van der Waals surface area contributed by atoms with Crippen LogP contribution in [0.2, 0.25) is 0 Å². The van der Waals surface area contributed by atoms with Crippen molar-refractivity contribution in [2.75, 3.05) is 52.5 Å². The lowest BCUT2D eigenvalue weighted by molar-refractivity contribution is 0.0179. The Balaban J connectivity index is 0.00000341. The summed E-state index contributed by atoms with van der Waals surface area (Å²) in [5.41, 5.74) is 1.10. The van der Waals surface area contributed by atoms with E-state index in [4.69, 9.17) is 9.73 Å². The molecule has 2 fully saturated rings. The van der Waals surface area contributed by atoms with Crippen molar-refractivity contribution in [2.45, 2.75) is 51.7 Å². The molecule has 2 heterocycles. The zero-order chi connectivity index (χ0) is 21.3. The number of likely N-dealkylation sites (tertiary alicyclic amines) is 1. The van der Waals surface area contributed by atoms with Crippen molar-refractivity contribution in [3.63, 3.8) is 0 Å². The van der Waals surface area contributed by atoms with E-state index in [1.54, 1.807) is 12.1 Å². The first kappa shape index (κ1) is 26.3. The Hall–Kier alpha value is -0.970. The van der Waals surface area contributed by atoms with E-state index in [0.717, 1.165) is 70.3 Å². The molecule has 6 nitrogen and oxygen atoms in total. The van der Waals surface area contributed by atoms with Crippen LogP contribution in [0, 0.1) is 5.82 Å². The summed E-state index contributed by atoms with van der Waals surface area (Å²) in [6, 6.07) is 8.02. The largest absolute Gasteiger partial charge is 0.379 e. The second-order valence-electron chi connectivity index (χ2n) is 8.48. The van der Waals surface area contributed by atoms with Crippen LogP contribution in [0.25, 0.3) is 0 Å². The Labute approximate surface area is 204 Å². The standard InChI is InChI=1S/C23H38FN5O.HI/c1-4-25-23(27-21-9-11-28(12-10-21)18(2)3)26-17-22(29-13-15-30-16-14-29)19-5-7-20(24)8-6-19;/h5-8,18,21-22H,4,9-17H2,1-3H3,(H2,25,26,27);1H. The van der Waals surface area contributed by atoms with Gasteiger partial charge in [0.2, 0.25) is 0 Å². The van der Waals surface area contributed by atoms with Crippen molar-refractivity contribution >= 4 is 29.9 Å². The molecule has 0 aliphatic carbocycles. The number of benzene rings is 1. The number of nitrogens with one attached hydrogen (secondary N) is 2. The molecule has 1 aromatic carbocycles. The van der Waals surface area contributed by atoms with Gasteiger partial charge in [0.05, 0.1) is 25.8 Å². The second kappa shape index (κ2) is 13.5. The lowest BCUT2D eigenvalue weighted by Crippen LogP contribution is -2.50. The lowest BCUT2D eigenvalue weighted by atomic mass is 10.0. The molecule has 0 bridgehead atoms. The van der Waals surface area contributed by atoms with Gasteiger partial charge in [0.1, 0.15) is 5.82 Å². The molecule has 1 unspecified atom stereocenters. The molecular weight excluding hydrogens is 508 g/mol. The van der Waals surface area contributed by atoms with Crippen molar-refractivity contribution in [1.82, 2.24) is 20.4 Å². The van der Waals surface area contributed by atoms with Crippen molar-refractivity contribution < 1.29 is 9.13 Å². The summed E-state index contributed by atoms with van der Waals surface area (Å²) in [6.45, 7) is 13.5. The minimum atomic E-state index is -0.203. The van der Waals surface area contributed by atoms with E-state index in [9.17, 15) is 4.39 Å². The molecule has 2 saturated heterocycles. The maximum Gasteiger partial charge on any atom is 0.191 e. The number of hydrogen-bond donors (Lipinski definition) is 2. The van der Waals surface area contributed by atoms with Crippen molar-refractivity contribution in [3.05, 3.63) is 35.6 Å². The molecule has 2 aliphatic rings. The van der Waals surface area contributed by atoms with Crippen LogP contribution < -0.4 is 10.6 Å². The summed E-state index contributed by atoms with van der Waals surface area (Å²) in [4.78, 5) is 9.87. The van der Waals surface area contributed by atoms with Gasteiger partial charge in [0, 0.05) is 44.8 Å². The third kappa shape index (κ3) is 8.14. The fraction of sp³-hybridized carbons (Fsp3) is 0.696. The zero-order valence-electron chi connectivity index (χ0n) is 19.1. The Bertz CT molecular complexity index is 658. The molecule has 2 N–H and O–H groups in total. The smallest absolute Gasteiger partial charge is 0.191 e. The minimum absolute atomic E-state index is 0. The first-order chi connectivity index (χ1) is 14.6. The second-order valence-corrected chi connectivity index (χ2v) is 8.48. The molecule has 31 heavy (non-hydrogen) atoms. The number of guanidine groups is 1. The summed E-state index contributed by atoms with van der Waals surface area (Å²) >= 11 is 0. The van der Waals surface area contributed by atoms with E-state index in [-0.39, 0.29) is 35.8 Å². The highest BCUT2D eigenvalue weighted by Gasteiger charge is 2.24. The molecule has 1 atom stereocenters. The molecule has 0 saturated carbocycles. The van der Waals surface area contributed by atoms with Crippen LogP contribution in [0.1, 0.15) is 45.2 Å². The van der Waals surface area contributed by atoms with Crippen molar-refractivity contribution in [2.24, 2.45) is 4.99 Å². The first-order valence-electron chi connectivity index (χ1n) is 11.4. The fourth-order valence-corrected chi connectivity index (χ4v) is 4.26. The summed E-state index contributed by atoms with van der Waals surface area (Å²) in [5, 5.41) is 7.05. The van der Waals surface area contributed by atoms with Gasteiger partial charge in [-0.3, -0.25) is 9.89 Å². The quantitative estimate of drug-likeness (QED) is 0.312. The number of ether oxygens (including phenoxy) is 1. The Morgan fingerprint density at radius 3 is 2.32 bits per heavy atom. The monoisotopic (exact) mass is 547 g/mol. The third-order valence-electron chi connectivity index (χ3n) is 6.11. The van der Waals surface area contributed by atoms with Crippen molar-refractivity contribution in [1.29, 1.82) is 0 Å². The van der Waals surface area contributed by atoms with Crippen LogP contribution in [0.15, 0.2) is 29.3 Å². The van der Waals surface area contributed by atoms with Gasteiger partial charge in [-0.25, -0.2) is 4.39 Å². The Morgan fingerprint density at radius 1 is 1.10 bits per heavy atom. The predicted molar refractivity (Wildman–Crippen MR) is 136 cm³/mol. The van der Waals surface area contributed by atoms with E-state index in [0.29, 0.717) is 18.6 Å². The maximum absolute atomic E-state index is 13.5. The van der Waals surface area contributed by atoms with E-state index >= 15 is 0 Å². The van der Waals surface area contributed by atoms with Crippen LogP contribution in [0.5, 0.6) is 0 Å². The van der Waals surface area contributed by atoms with Gasteiger partial charge in [-0.15, -0.1) is 24.0 Å². The van der Waals surface area contributed by atoms with Crippen LogP contribution in [-0.2, 0) is 4.74 Å². The topological polar surface area (TPSA) is 52.1 Å². The van der Waals surface area contributed by atoms with Crippen LogP contribution in [-0.4, -0.2) is 80.3 Å². The first-order valence-corrected chi connectivity index (χ1v) is 11.4. The van der Waals surface area contributed by atoms with Gasteiger partial charge in [0.15, 0.2) is 5.96 Å². The molecule has 1 aromatic rings. The summed E-state index contributed by atoms with van der Waals surface area (Å²) in [5.74, 6) is 0.673. The molecule has 3 rings (SSSR count). The summed E-state index contributed by atoms with van der Waals surface area (Å²) in [6.07, 6.45) is 2.26. The van der Waals surface area contributed by atoms with Gasteiger partial charge >= 0.3 is 0 Å². The molecule has 0 spiro atoms. The molecule has 176 valence electrons. The van der Waals surface area contributed by atoms with Crippen LogP contribution in [0.4, 0.5) is 4.39 Å². The molecule has 2 aliphatic heterocycles. The summed E-state index contributed by atoms with van der Waals surface area (Å²) < 4.78 is 19.0. The van der Waals surface area contributed by atoms with Crippen LogP contribution in [0.3, 0.4) is 0 Å². The molecule has 0 aromatic heterocycles. The number of hydrogen-bond acceptors (Lipinski definition) is 4. The third-order valence-corrected chi connectivity index (χ3v) is 6.11. The van der Waals surface area contributed by atoms with Crippen LogP contribution >= 0.6 is 24.0 Å². The van der Waals surface area contributed by atoms with E-state index in [1.165, 1.54) is 0 Å². The van der Waals surface area contributed by atoms with Gasteiger partial charge in [0.25, 0.3) is 0 Å². The van der Waals surface area contributed by atoms with Gasteiger partial charge in [-0.2, -0.15) is 0 Å². The maximum atomic E-state index is 13.5. The van der Waals surface area contributed by atoms with Gasteiger partial charge in [-0.05, 0) is 51.3 Å². The molecule has 0 amide bonds. The number of piperidine rings is 1. The van der Waals surface area contributed by atoms with E-state index < -0.39 is 0 Å². The summed E-state index contributed by atoms with van der Waals surface area (Å²) in [7, 11) is 0. The Kier molecular flexibility index (Phi) is 11.5. The highest BCUT2D eigenvalue weighted by Crippen LogP contribution is 2.23. The highest BCUT2D eigenvalue weighted by molar-refractivity contribution is 14.0. The minimum Gasteiger partial charge on any atom is -0.379 e. The Morgan fingerprint density at radius 2 is 1.74 bits per heavy atom. The number of halogens is 2. The molecule has 0 radical (unpaired) electrons. The predicted octanol–water partition coefficient (Wildman–Crippen LogP) is 3.24. The number of morpholine rings is 1. The molecule has 8 heteroatoms. The number of rotatable bonds is 7.